The Balaban J connectivity index is 1.76. The van der Waals surface area contributed by atoms with E-state index in [0.717, 1.165) is 11.1 Å². The first-order chi connectivity index (χ1) is 13.5. The lowest BCUT2D eigenvalue weighted by molar-refractivity contribution is 0.251. The van der Waals surface area contributed by atoms with Crippen LogP contribution in [0.5, 0.6) is 0 Å². The summed E-state index contributed by atoms with van der Waals surface area (Å²) in [6.07, 6.45) is 0. The van der Waals surface area contributed by atoms with Crippen molar-refractivity contribution in [3.05, 3.63) is 81.3 Å². The summed E-state index contributed by atoms with van der Waals surface area (Å²) >= 11 is 12.2. The zero-order valence-corrected chi connectivity index (χ0v) is 16.7. The number of carbonyl (C=O) groups is 1. The van der Waals surface area contributed by atoms with Crippen LogP contribution < -0.4 is 10.6 Å². The summed E-state index contributed by atoms with van der Waals surface area (Å²) in [4.78, 5) is 16.8. The van der Waals surface area contributed by atoms with Gasteiger partial charge in [0.2, 0.25) is 0 Å². The van der Waals surface area contributed by atoms with E-state index in [9.17, 15) is 9.90 Å². The highest BCUT2D eigenvalue weighted by Gasteiger charge is 2.12. The van der Waals surface area contributed by atoms with E-state index in [0.29, 0.717) is 32.7 Å². The van der Waals surface area contributed by atoms with Gasteiger partial charge in [-0.05, 0) is 30.7 Å². The zero-order valence-electron chi connectivity index (χ0n) is 15.2. The lowest BCUT2D eigenvalue weighted by Gasteiger charge is -2.13. The zero-order chi connectivity index (χ0) is 20.1. The minimum Gasteiger partial charge on any atom is -0.392 e. The smallest absolute Gasteiger partial charge is 0.320 e. The summed E-state index contributed by atoms with van der Waals surface area (Å²) in [5.74, 6) is 0.373. The third kappa shape index (κ3) is 4.62. The number of carbonyl (C=O) groups excluding carboxylic acids is 1. The number of benzene rings is 2. The molecule has 2 aromatic carbocycles. The molecule has 0 saturated heterocycles. The van der Waals surface area contributed by atoms with Crippen LogP contribution in [-0.4, -0.2) is 16.1 Å². The number of hydrogen-bond donors (Lipinski definition) is 3. The van der Waals surface area contributed by atoms with Gasteiger partial charge in [0.1, 0.15) is 5.82 Å². The average molecular weight is 416 g/mol. The maximum absolute atomic E-state index is 12.3. The fourth-order valence-electron chi connectivity index (χ4n) is 2.79. The van der Waals surface area contributed by atoms with Crippen molar-refractivity contribution in [3.8, 4) is 11.3 Å². The summed E-state index contributed by atoms with van der Waals surface area (Å²) < 4.78 is 0. The maximum atomic E-state index is 12.3. The van der Waals surface area contributed by atoms with E-state index in [-0.39, 0.29) is 13.2 Å². The van der Waals surface area contributed by atoms with Crippen molar-refractivity contribution in [2.75, 3.05) is 5.32 Å². The van der Waals surface area contributed by atoms with Gasteiger partial charge in [-0.25, -0.2) is 9.78 Å². The van der Waals surface area contributed by atoms with Crippen LogP contribution in [0.3, 0.4) is 0 Å². The van der Waals surface area contributed by atoms with Crippen molar-refractivity contribution in [3.63, 3.8) is 0 Å². The SMILES string of the molecule is Cc1ccccc1-c1nc(NC(=O)NCc2c(Cl)cccc2Cl)ccc1CO. The van der Waals surface area contributed by atoms with Gasteiger partial charge in [0.15, 0.2) is 0 Å². The number of pyridine rings is 1. The van der Waals surface area contributed by atoms with E-state index in [1.807, 2.05) is 31.2 Å². The molecule has 1 heterocycles. The Morgan fingerprint density at radius 2 is 1.75 bits per heavy atom. The number of nitrogens with zero attached hydrogens (tertiary/aromatic N) is 1. The number of hydrogen-bond acceptors (Lipinski definition) is 3. The van der Waals surface area contributed by atoms with Gasteiger partial charge < -0.3 is 10.4 Å². The molecule has 0 fully saturated rings. The predicted octanol–water partition coefficient (Wildman–Crippen LogP) is 5.18. The average Bonchev–Trinajstić information content (AvgIpc) is 2.68. The molecule has 3 aromatic rings. The molecule has 0 spiro atoms. The summed E-state index contributed by atoms with van der Waals surface area (Å²) in [6.45, 7) is 2.01. The second-order valence-electron chi connectivity index (χ2n) is 6.19. The van der Waals surface area contributed by atoms with Crippen LogP contribution in [0.2, 0.25) is 10.0 Å². The Kier molecular flexibility index (Phi) is 6.52. The minimum atomic E-state index is -0.434. The third-order valence-electron chi connectivity index (χ3n) is 4.28. The van der Waals surface area contributed by atoms with E-state index >= 15 is 0 Å². The molecular weight excluding hydrogens is 397 g/mol. The number of rotatable bonds is 5. The second-order valence-corrected chi connectivity index (χ2v) is 7.00. The fraction of sp³-hybridized carbons (Fsp3) is 0.143. The molecule has 0 radical (unpaired) electrons. The van der Waals surface area contributed by atoms with Gasteiger partial charge in [-0.3, -0.25) is 5.32 Å². The molecule has 1 aromatic heterocycles. The molecule has 0 unspecified atom stereocenters. The monoisotopic (exact) mass is 415 g/mol. The number of nitrogens with one attached hydrogen (secondary N) is 2. The van der Waals surface area contributed by atoms with E-state index in [2.05, 4.69) is 15.6 Å². The van der Waals surface area contributed by atoms with Crippen molar-refractivity contribution < 1.29 is 9.90 Å². The second kappa shape index (κ2) is 9.06. The quantitative estimate of drug-likeness (QED) is 0.537. The summed E-state index contributed by atoms with van der Waals surface area (Å²) in [5, 5.41) is 16.0. The van der Waals surface area contributed by atoms with Gasteiger partial charge in [-0.15, -0.1) is 0 Å². The van der Waals surface area contributed by atoms with E-state index in [4.69, 9.17) is 23.2 Å². The summed E-state index contributed by atoms with van der Waals surface area (Å²) in [7, 11) is 0. The molecule has 0 aliphatic heterocycles. The fourth-order valence-corrected chi connectivity index (χ4v) is 3.32. The molecule has 0 aliphatic carbocycles. The minimum absolute atomic E-state index is 0.145. The van der Waals surface area contributed by atoms with Gasteiger partial charge in [-0.2, -0.15) is 0 Å². The number of urea groups is 1. The number of halogens is 2. The Labute approximate surface area is 173 Å². The van der Waals surface area contributed by atoms with Gasteiger partial charge in [0.05, 0.1) is 12.3 Å². The van der Waals surface area contributed by atoms with Crippen molar-refractivity contribution in [2.24, 2.45) is 0 Å². The highest BCUT2D eigenvalue weighted by atomic mass is 35.5. The molecule has 0 saturated carbocycles. The molecule has 0 bridgehead atoms. The number of aliphatic hydroxyl groups excluding tert-OH is 1. The Morgan fingerprint density at radius 3 is 2.43 bits per heavy atom. The largest absolute Gasteiger partial charge is 0.392 e. The first-order valence-corrected chi connectivity index (χ1v) is 9.39. The molecular formula is C21H19Cl2N3O2. The molecule has 7 heteroatoms. The molecule has 28 heavy (non-hydrogen) atoms. The van der Waals surface area contributed by atoms with Crippen LogP contribution in [0.15, 0.2) is 54.6 Å². The molecule has 3 N–H and O–H groups in total. The van der Waals surface area contributed by atoms with Gasteiger partial charge in [0.25, 0.3) is 0 Å². The highest BCUT2D eigenvalue weighted by molar-refractivity contribution is 6.36. The first kappa shape index (κ1) is 20.1. The molecule has 0 atom stereocenters. The van der Waals surface area contributed by atoms with Crippen LogP contribution in [0.1, 0.15) is 16.7 Å². The predicted molar refractivity (Wildman–Crippen MR) is 113 cm³/mol. The van der Waals surface area contributed by atoms with E-state index < -0.39 is 6.03 Å². The van der Waals surface area contributed by atoms with E-state index in [1.165, 1.54) is 0 Å². The highest BCUT2D eigenvalue weighted by Crippen LogP contribution is 2.27. The van der Waals surface area contributed by atoms with Crippen LogP contribution in [0.4, 0.5) is 10.6 Å². The normalized spacial score (nSPS) is 10.6. The number of aromatic nitrogens is 1. The first-order valence-electron chi connectivity index (χ1n) is 8.64. The number of aliphatic hydroxyl groups is 1. The Bertz CT molecular complexity index is 988. The van der Waals surface area contributed by atoms with Crippen molar-refractivity contribution >= 4 is 35.1 Å². The summed E-state index contributed by atoms with van der Waals surface area (Å²) in [6, 6.07) is 15.9. The molecule has 5 nitrogen and oxygen atoms in total. The van der Waals surface area contributed by atoms with Crippen molar-refractivity contribution in [1.29, 1.82) is 0 Å². The Hall–Kier alpha value is -2.60. The number of amides is 2. The molecule has 144 valence electrons. The van der Waals surface area contributed by atoms with Crippen molar-refractivity contribution in [2.45, 2.75) is 20.1 Å². The maximum Gasteiger partial charge on any atom is 0.320 e. The van der Waals surface area contributed by atoms with Crippen molar-refractivity contribution in [1.82, 2.24) is 10.3 Å². The Morgan fingerprint density at radius 1 is 1.04 bits per heavy atom. The number of anilines is 1. The van der Waals surface area contributed by atoms with Crippen LogP contribution in [0, 0.1) is 6.92 Å². The summed E-state index contributed by atoms with van der Waals surface area (Å²) in [5.41, 5.74) is 3.89. The van der Waals surface area contributed by atoms with Crippen LogP contribution in [-0.2, 0) is 13.2 Å². The molecule has 2 amide bonds. The van der Waals surface area contributed by atoms with E-state index in [1.54, 1.807) is 30.3 Å². The van der Waals surface area contributed by atoms with Gasteiger partial charge in [0, 0.05) is 33.3 Å². The lowest BCUT2D eigenvalue weighted by Crippen LogP contribution is -2.28. The van der Waals surface area contributed by atoms with Gasteiger partial charge in [-0.1, -0.05) is 59.6 Å². The van der Waals surface area contributed by atoms with Gasteiger partial charge >= 0.3 is 6.03 Å². The molecule has 0 aliphatic rings. The topological polar surface area (TPSA) is 74.2 Å². The van der Waals surface area contributed by atoms with Crippen LogP contribution >= 0.6 is 23.2 Å². The third-order valence-corrected chi connectivity index (χ3v) is 4.99. The lowest BCUT2D eigenvalue weighted by atomic mass is 10.0. The molecule has 3 rings (SSSR count). The van der Waals surface area contributed by atoms with Crippen LogP contribution in [0.25, 0.3) is 11.3 Å². The standard InChI is InChI=1S/C21H19Cl2N3O2/c1-13-5-2-3-6-15(13)20-14(12-27)9-10-19(25-20)26-21(28)24-11-16-17(22)7-4-8-18(16)23/h2-10,27H,11-12H2,1H3,(H2,24,25,26,28). The number of aryl methyl sites for hydroxylation is 1.